The SMILES string of the molecule is CSc1cccc(NC(=O)c2cc(N)ccc2[N+](=O)[O-])c1. The first kappa shape index (κ1) is 14.9. The molecule has 0 radical (unpaired) electrons. The minimum Gasteiger partial charge on any atom is -0.399 e. The van der Waals surface area contributed by atoms with E-state index in [0.29, 0.717) is 11.4 Å². The largest absolute Gasteiger partial charge is 0.399 e. The number of nitrogens with two attached hydrogens (primary N) is 1. The molecule has 0 saturated carbocycles. The van der Waals surface area contributed by atoms with E-state index in [1.54, 1.807) is 18.2 Å². The Morgan fingerprint density at radius 3 is 2.71 bits per heavy atom. The smallest absolute Gasteiger partial charge is 0.282 e. The van der Waals surface area contributed by atoms with Crippen LogP contribution >= 0.6 is 11.8 Å². The molecule has 6 nitrogen and oxygen atoms in total. The average Bonchev–Trinajstić information content (AvgIpc) is 2.47. The van der Waals surface area contributed by atoms with E-state index in [0.717, 1.165) is 4.90 Å². The number of nitro benzene ring substituents is 1. The Balaban J connectivity index is 2.31. The number of rotatable bonds is 4. The number of nitrogens with zero attached hydrogens (tertiary/aromatic N) is 1. The monoisotopic (exact) mass is 303 g/mol. The van der Waals surface area contributed by atoms with Gasteiger partial charge in [0.1, 0.15) is 5.56 Å². The summed E-state index contributed by atoms with van der Waals surface area (Å²) in [4.78, 5) is 23.6. The van der Waals surface area contributed by atoms with Crippen molar-refractivity contribution in [2.45, 2.75) is 4.90 Å². The van der Waals surface area contributed by atoms with Crippen LogP contribution in [-0.2, 0) is 0 Å². The van der Waals surface area contributed by atoms with E-state index in [2.05, 4.69) is 5.32 Å². The molecule has 2 aromatic carbocycles. The molecule has 21 heavy (non-hydrogen) atoms. The number of hydrogen-bond acceptors (Lipinski definition) is 5. The van der Waals surface area contributed by atoms with Gasteiger partial charge in [-0.1, -0.05) is 6.07 Å². The molecule has 0 aliphatic carbocycles. The molecule has 0 heterocycles. The van der Waals surface area contributed by atoms with Crippen LogP contribution in [0.5, 0.6) is 0 Å². The molecule has 0 aliphatic rings. The van der Waals surface area contributed by atoms with E-state index < -0.39 is 10.8 Å². The molecule has 2 aromatic rings. The van der Waals surface area contributed by atoms with Gasteiger partial charge in [-0.3, -0.25) is 14.9 Å². The van der Waals surface area contributed by atoms with Gasteiger partial charge in [0.05, 0.1) is 4.92 Å². The standard InChI is InChI=1S/C14H13N3O3S/c1-21-11-4-2-3-10(8-11)16-14(18)12-7-9(15)5-6-13(12)17(19)20/h2-8H,15H2,1H3,(H,16,18). The molecule has 0 unspecified atom stereocenters. The van der Waals surface area contributed by atoms with Crippen molar-refractivity contribution in [1.29, 1.82) is 0 Å². The lowest BCUT2D eigenvalue weighted by atomic mass is 10.1. The lowest BCUT2D eigenvalue weighted by Crippen LogP contribution is -2.14. The van der Waals surface area contributed by atoms with E-state index in [9.17, 15) is 14.9 Å². The summed E-state index contributed by atoms with van der Waals surface area (Å²) in [5, 5.41) is 13.6. The molecule has 108 valence electrons. The Hall–Kier alpha value is -2.54. The molecular weight excluding hydrogens is 290 g/mol. The van der Waals surface area contributed by atoms with Gasteiger partial charge < -0.3 is 11.1 Å². The Kier molecular flexibility index (Phi) is 4.44. The third-order valence-corrected chi connectivity index (χ3v) is 3.51. The summed E-state index contributed by atoms with van der Waals surface area (Å²) >= 11 is 1.54. The van der Waals surface area contributed by atoms with Crippen molar-refractivity contribution in [3.63, 3.8) is 0 Å². The Morgan fingerprint density at radius 1 is 1.29 bits per heavy atom. The van der Waals surface area contributed by atoms with Crippen molar-refractivity contribution < 1.29 is 9.72 Å². The fourth-order valence-corrected chi connectivity index (χ4v) is 2.25. The first-order chi connectivity index (χ1) is 10.0. The molecule has 0 spiro atoms. The van der Waals surface area contributed by atoms with Gasteiger partial charge in [-0.05, 0) is 36.6 Å². The molecule has 2 rings (SSSR count). The number of nitrogens with one attached hydrogen (secondary N) is 1. The molecule has 3 N–H and O–H groups in total. The third kappa shape index (κ3) is 3.51. The number of nitrogen functional groups attached to an aromatic ring is 1. The van der Waals surface area contributed by atoms with Gasteiger partial charge in [0, 0.05) is 22.3 Å². The van der Waals surface area contributed by atoms with E-state index in [1.807, 2.05) is 12.3 Å². The summed E-state index contributed by atoms with van der Waals surface area (Å²) in [6, 6.07) is 11.1. The fraction of sp³-hybridized carbons (Fsp3) is 0.0714. The van der Waals surface area contributed by atoms with Gasteiger partial charge in [0.2, 0.25) is 0 Å². The van der Waals surface area contributed by atoms with Crippen molar-refractivity contribution in [3.8, 4) is 0 Å². The van der Waals surface area contributed by atoms with Crippen molar-refractivity contribution >= 4 is 34.7 Å². The molecule has 0 atom stereocenters. The molecular formula is C14H13N3O3S. The number of anilines is 2. The highest BCUT2D eigenvalue weighted by Gasteiger charge is 2.20. The van der Waals surface area contributed by atoms with Crippen LogP contribution in [0.3, 0.4) is 0 Å². The zero-order valence-electron chi connectivity index (χ0n) is 11.2. The molecule has 0 aromatic heterocycles. The van der Waals surface area contributed by atoms with Gasteiger partial charge in [0.25, 0.3) is 11.6 Å². The second-order valence-corrected chi connectivity index (χ2v) is 5.10. The van der Waals surface area contributed by atoms with Gasteiger partial charge >= 0.3 is 0 Å². The maximum atomic E-state index is 12.2. The summed E-state index contributed by atoms with van der Waals surface area (Å²) < 4.78 is 0. The van der Waals surface area contributed by atoms with E-state index in [-0.39, 0.29) is 11.3 Å². The first-order valence-corrected chi connectivity index (χ1v) is 7.23. The summed E-state index contributed by atoms with van der Waals surface area (Å²) in [5.41, 5.74) is 6.13. The van der Waals surface area contributed by atoms with Crippen molar-refractivity contribution in [2.75, 3.05) is 17.3 Å². The minimum absolute atomic E-state index is 0.0606. The maximum Gasteiger partial charge on any atom is 0.282 e. The number of carbonyl (C=O) groups excluding carboxylic acids is 1. The number of benzene rings is 2. The second kappa shape index (κ2) is 6.27. The number of nitro groups is 1. The first-order valence-electron chi connectivity index (χ1n) is 6.00. The highest BCUT2D eigenvalue weighted by Crippen LogP contribution is 2.24. The van der Waals surface area contributed by atoms with Crippen molar-refractivity contribution in [2.24, 2.45) is 0 Å². The highest BCUT2D eigenvalue weighted by molar-refractivity contribution is 7.98. The van der Waals surface area contributed by atoms with Gasteiger partial charge in [-0.2, -0.15) is 0 Å². The number of thioether (sulfide) groups is 1. The summed E-state index contributed by atoms with van der Waals surface area (Å²) in [6.45, 7) is 0. The van der Waals surface area contributed by atoms with E-state index >= 15 is 0 Å². The molecule has 1 amide bonds. The van der Waals surface area contributed by atoms with Crippen LogP contribution in [0.1, 0.15) is 10.4 Å². The predicted octanol–water partition coefficient (Wildman–Crippen LogP) is 3.15. The normalized spacial score (nSPS) is 10.1. The Bertz CT molecular complexity index is 704. The average molecular weight is 303 g/mol. The molecule has 0 bridgehead atoms. The molecule has 7 heteroatoms. The summed E-state index contributed by atoms with van der Waals surface area (Å²) in [5.74, 6) is -0.563. The Morgan fingerprint density at radius 2 is 2.05 bits per heavy atom. The van der Waals surface area contributed by atoms with Crippen LogP contribution < -0.4 is 11.1 Å². The van der Waals surface area contributed by atoms with Gasteiger partial charge in [0.15, 0.2) is 0 Å². The Labute approximate surface area is 125 Å². The summed E-state index contributed by atoms with van der Waals surface area (Å²) in [6.07, 6.45) is 1.92. The van der Waals surface area contributed by atoms with Gasteiger partial charge in [-0.25, -0.2) is 0 Å². The highest BCUT2D eigenvalue weighted by atomic mass is 32.2. The maximum absolute atomic E-state index is 12.2. The number of carbonyl (C=O) groups is 1. The second-order valence-electron chi connectivity index (χ2n) is 4.22. The molecule has 0 fully saturated rings. The van der Waals surface area contributed by atoms with Crippen LogP contribution in [-0.4, -0.2) is 17.1 Å². The summed E-state index contributed by atoms with van der Waals surface area (Å²) in [7, 11) is 0. The van der Waals surface area contributed by atoms with E-state index in [1.165, 1.54) is 30.0 Å². The quantitative estimate of drug-likeness (QED) is 0.391. The van der Waals surface area contributed by atoms with Crippen LogP contribution in [0.25, 0.3) is 0 Å². The zero-order valence-corrected chi connectivity index (χ0v) is 12.0. The van der Waals surface area contributed by atoms with Gasteiger partial charge in [-0.15, -0.1) is 11.8 Å². The van der Waals surface area contributed by atoms with Crippen LogP contribution in [0.2, 0.25) is 0 Å². The predicted molar refractivity (Wildman–Crippen MR) is 83.7 cm³/mol. The van der Waals surface area contributed by atoms with Crippen molar-refractivity contribution in [1.82, 2.24) is 0 Å². The third-order valence-electron chi connectivity index (χ3n) is 2.79. The molecule has 0 saturated heterocycles. The fourth-order valence-electron chi connectivity index (χ4n) is 1.79. The van der Waals surface area contributed by atoms with Crippen LogP contribution in [0, 0.1) is 10.1 Å². The lowest BCUT2D eigenvalue weighted by molar-refractivity contribution is -0.385. The minimum atomic E-state index is -0.604. The lowest BCUT2D eigenvalue weighted by Gasteiger charge is -2.07. The topological polar surface area (TPSA) is 98.3 Å². The van der Waals surface area contributed by atoms with Crippen LogP contribution in [0.4, 0.5) is 17.1 Å². The number of hydrogen-bond donors (Lipinski definition) is 2. The zero-order chi connectivity index (χ0) is 15.4. The van der Waals surface area contributed by atoms with Crippen molar-refractivity contribution in [3.05, 3.63) is 58.1 Å². The van der Waals surface area contributed by atoms with Crippen LogP contribution in [0.15, 0.2) is 47.4 Å². The van der Waals surface area contributed by atoms with E-state index in [4.69, 9.17) is 5.73 Å². The molecule has 0 aliphatic heterocycles. The number of amides is 1.